The van der Waals surface area contributed by atoms with E-state index >= 15 is 0 Å². The predicted octanol–water partition coefficient (Wildman–Crippen LogP) is 4.95. The Morgan fingerprint density at radius 2 is 1.58 bits per heavy atom. The molecule has 2 aromatic carbocycles. The standard InChI is InChI=1S/C31H36N2O3/c34-17-19-5-7-23(8-6-19)28-27(29(35)32-24-9-10-24)25-3-1-2-4-26(25)30(36)33(28)18-31-14-20-11-21(15-31)13-22(12-20)16-31/h1-8,20-22,24,27-28,34H,9-18H2,(H,32,35)/t20?,21?,22?,27-,28+,31?/m1/s1. The maximum atomic E-state index is 14.2. The number of aliphatic hydroxyl groups excluding tert-OH is 1. The van der Waals surface area contributed by atoms with Crippen LogP contribution in [0.25, 0.3) is 0 Å². The van der Waals surface area contributed by atoms with Gasteiger partial charge in [0.1, 0.15) is 0 Å². The van der Waals surface area contributed by atoms with Gasteiger partial charge in [0.25, 0.3) is 5.91 Å². The molecule has 0 spiro atoms. The first-order valence-electron chi connectivity index (χ1n) is 13.9. The molecule has 5 aliphatic carbocycles. The van der Waals surface area contributed by atoms with Crippen LogP contribution in [0.1, 0.15) is 90.4 Å². The number of nitrogens with zero attached hydrogens (tertiary/aromatic N) is 1. The van der Waals surface area contributed by atoms with Crippen LogP contribution in [0.2, 0.25) is 0 Å². The van der Waals surface area contributed by atoms with Crippen molar-refractivity contribution in [1.82, 2.24) is 10.2 Å². The molecule has 1 aliphatic heterocycles. The molecule has 8 rings (SSSR count). The number of aliphatic hydroxyl groups is 1. The molecule has 0 aromatic heterocycles. The Hall–Kier alpha value is -2.66. The smallest absolute Gasteiger partial charge is 0.254 e. The van der Waals surface area contributed by atoms with Gasteiger partial charge >= 0.3 is 0 Å². The molecular weight excluding hydrogens is 448 g/mol. The van der Waals surface area contributed by atoms with Gasteiger partial charge in [0.2, 0.25) is 5.91 Å². The third-order valence-electron chi connectivity index (χ3n) is 9.82. The molecule has 5 heteroatoms. The number of carbonyl (C=O) groups excluding carboxylic acids is 2. The van der Waals surface area contributed by atoms with E-state index in [2.05, 4.69) is 10.2 Å². The molecular formula is C31H36N2O3. The fourth-order valence-corrected chi connectivity index (χ4v) is 8.61. The number of rotatable bonds is 6. The van der Waals surface area contributed by atoms with Crippen LogP contribution in [0.5, 0.6) is 0 Å². The van der Waals surface area contributed by atoms with E-state index in [4.69, 9.17) is 0 Å². The van der Waals surface area contributed by atoms with Crippen LogP contribution in [-0.4, -0.2) is 34.4 Å². The Morgan fingerprint density at radius 1 is 0.944 bits per heavy atom. The minimum absolute atomic E-state index is 0.0186. The monoisotopic (exact) mass is 484 g/mol. The van der Waals surface area contributed by atoms with Gasteiger partial charge in [-0.1, -0.05) is 42.5 Å². The molecule has 5 saturated carbocycles. The zero-order chi connectivity index (χ0) is 24.4. The molecule has 188 valence electrons. The SMILES string of the molecule is O=C(NC1CC1)[C@@H]1c2ccccc2C(=O)N(CC23CC4CC(CC(C4)C2)C3)[C@H]1c1ccc(CO)cc1. The lowest BCUT2D eigenvalue weighted by Crippen LogP contribution is -2.55. The van der Waals surface area contributed by atoms with Crippen LogP contribution in [0, 0.1) is 23.2 Å². The Morgan fingerprint density at radius 3 is 2.19 bits per heavy atom. The number of benzene rings is 2. The van der Waals surface area contributed by atoms with Crippen LogP contribution in [0.3, 0.4) is 0 Å². The average molecular weight is 485 g/mol. The summed E-state index contributed by atoms with van der Waals surface area (Å²) in [5.74, 6) is 2.07. The molecule has 2 amide bonds. The van der Waals surface area contributed by atoms with Crippen molar-refractivity contribution in [3.63, 3.8) is 0 Å². The van der Waals surface area contributed by atoms with E-state index in [0.29, 0.717) is 5.56 Å². The van der Waals surface area contributed by atoms with Crippen LogP contribution in [0.4, 0.5) is 0 Å². The second kappa shape index (κ2) is 8.44. The van der Waals surface area contributed by atoms with Crippen LogP contribution in [-0.2, 0) is 11.4 Å². The Kier molecular flexibility index (Phi) is 5.28. The van der Waals surface area contributed by atoms with E-state index in [-0.39, 0.29) is 35.9 Å². The van der Waals surface area contributed by atoms with Crippen molar-refractivity contribution >= 4 is 11.8 Å². The number of amides is 2. The minimum Gasteiger partial charge on any atom is -0.392 e. The third kappa shape index (κ3) is 3.78. The highest BCUT2D eigenvalue weighted by Gasteiger charge is 2.54. The number of hydrogen-bond acceptors (Lipinski definition) is 3. The van der Waals surface area contributed by atoms with Gasteiger partial charge in [-0.3, -0.25) is 9.59 Å². The van der Waals surface area contributed by atoms with E-state index in [1.165, 1.54) is 38.5 Å². The van der Waals surface area contributed by atoms with Gasteiger partial charge in [0.15, 0.2) is 0 Å². The molecule has 1 heterocycles. The summed E-state index contributed by atoms with van der Waals surface area (Å²) in [4.78, 5) is 30.1. The lowest BCUT2D eigenvalue weighted by atomic mass is 9.49. The molecule has 5 fully saturated rings. The largest absolute Gasteiger partial charge is 0.392 e. The highest BCUT2D eigenvalue weighted by molar-refractivity contribution is 6.01. The van der Waals surface area contributed by atoms with Crippen molar-refractivity contribution < 1.29 is 14.7 Å². The van der Waals surface area contributed by atoms with Crippen molar-refractivity contribution in [3.05, 3.63) is 70.8 Å². The van der Waals surface area contributed by atoms with Crippen LogP contribution >= 0.6 is 0 Å². The maximum absolute atomic E-state index is 14.2. The topological polar surface area (TPSA) is 69.6 Å². The Balaban J connectivity index is 1.33. The number of fused-ring (bicyclic) bond motifs is 1. The Bertz CT molecular complexity index is 1150. The summed E-state index contributed by atoms with van der Waals surface area (Å²) in [5.41, 5.74) is 3.53. The first-order valence-corrected chi connectivity index (χ1v) is 13.9. The van der Waals surface area contributed by atoms with Crippen LogP contribution < -0.4 is 5.32 Å². The summed E-state index contributed by atoms with van der Waals surface area (Å²) in [6.07, 6.45) is 9.84. The summed E-state index contributed by atoms with van der Waals surface area (Å²) < 4.78 is 0. The Labute approximate surface area is 213 Å². The molecule has 36 heavy (non-hydrogen) atoms. The third-order valence-corrected chi connectivity index (χ3v) is 9.82. The lowest BCUT2D eigenvalue weighted by molar-refractivity contribution is -0.125. The van der Waals surface area contributed by atoms with Crippen LogP contribution in [0.15, 0.2) is 48.5 Å². The van der Waals surface area contributed by atoms with Crippen molar-refractivity contribution in [1.29, 1.82) is 0 Å². The van der Waals surface area contributed by atoms with Crippen molar-refractivity contribution in [2.45, 2.75) is 76.0 Å². The van der Waals surface area contributed by atoms with E-state index in [0.717, 1.165) is 53.8 Å². The summed E-state index contributed by atoms with van der Waals surface area (Å²) >= 11 is 0. The van der Waals surface area contributed by atoms with Crippen molar-refractivity contribution in [3.8, 4) is 0 Å². The maximum Gasteiger partial charge on any atom is 0.254 e. The summed E-state index contributed by atoms with van der Waals surface area (Å²) in [6.45, 7) is 0.721. The van der Waals surface area contributed by atoms with Gasteiger partial charge in [-0.15, -0.1) is 0 Å². The van der Waals surface area contributed by atoms with Gasteiger partial charge in [-0.05, 0) is 97.3 Å². The predicted molar refractivity (Wildman–Crippen MR) is 137 cm³/mol. The van der Waals surface area contributed by atoms with E-state index in [1.807, 2.05) is 48.5 Å². The molecule has 5 nitrogen and oxygen atoms in total. The minimum atomic E-state index is -0.437. The first-order chi connectivity index (χ1) is 17.5. The number of hydrogen-bond donors (Lipinski definition) is 2. The molecule has 0 radical (unpaired) electrons. The molecule has 4 bridgehead atoms. The van der Waals surface area contributed by atoms with E-state index < -0.39 is 5.92 Å². The van der Waals surface area contributed by atoms with Gasteiger partial charge < -0.3 is 15.3 Å². The first kappa shape index (κ1) is 22.5. The molecule has 2 aromatic rings. The molecule has 2 N–H and O–H groups in total. The van der Waals surface area contributed by atoms with Gasteiger partial charge in [0, 0.05) is 18.2 Å². The van der Waals surface area contributed by atoms with Crippen molar-refractivity contribution in [2.24, 2.45) is 23.2 Å². The summed E-state index contributed by atoms with van der Waals surface area (Å²) in [6, 6.07) is 15.6. The average Bonchev–Trinajstić information content (AvgIpc) is 3.68. The number of carbonyl (C=O) groups is 2. The van der Waals surface area contributed by atoms with E-state index in [1.54, 1.807) is 0 Å². The second-order valence-electron chi connectivity index (χ2n) is 12.5. The van der Waals surface area contributed by atoms with Gasteiger partial charge in [-0.25, -0.2) is 0 Å². The summed E-state index contributed by atoms with van der Waals surface area (Å²) in [5, 5.41) is 12.9. The zero-order valence-corrected chi connectivity index (χ0v) is 20.9. The fraction of sp³-hybridized carbons (Fsp3) is 0.548. The van der Waals surface area contributed by atoms with Gasteiger partial charge in [0.05, 0.1) is 18.6 Å². The number of nitrogens with one attached hydrogen (secondary N) is 1. The highest BCUT2D eigenvalue weighted by Crippen LogP contribution is 2.61. The zero-order valence-electron chi connectivity index (χ0n) is 20.9. The second-order valence-corrected chi connectivity index (χ2v) is 12.5. The molecule has 2 atom stereocenters. The molecule has 0 saturated heterocycles. The highest BCUT2D eigenvalue weighted by atomic mass is 16.3. The molecule has 0 unspecified atom stereocenters. The van der Waals surface area contributed by atoms with Crippen molar-refractivity contribution in [2.75, 3.05) is 6.54 Å². The molecule has 6 aliphatic rings. The van der Waals surface area contributed by atoms with Gasteiger partial charge in [-0.2, -0.15) is 0 Å². The summed E-state index contributed by atoms with van der Waals surface area (Å²) in [7, 11) is 0. The van der Waals surface area contributed by atoms with E-state index in [9.17, 15) is 14.7 Å². The quantitative estimate of drug-likeness (QED) is 0.609. The fourth-order valence-electron chi connectivity index (χ4n) is 8.61. The normalized spacial score (nSPS) is 34.5. The lowest BCUT2D eigenvalue weighted by Gasteiger charge is -2.59.